The average Bonchev–Trinajstić information content (AvgIpc) is 3.27. The van der Waals surface area contributed by atoms with Crippen molar-refractivity contribution in [1.82, 2.24) is 9.80 Å². The zero-order valence-electron chi connectivity index (χ0n) is 24.9. The van der Waals surface area contributed by atoms with Gasteiger partial charge in [-0.3, -0.25) is 9.29 Å². The molecule has 0 fully saturated rings. The van der Waals surface area contributed by atoms with Gasteiger partial charge in [-0.25, -0.2) is 4.79 Å². The number of amides is 1. The molecule has 0 spiro atoms. The smallest absolute Gasteiger partial charge is 0.410 e. The fourth-order valence-corrected chi connectivity index (χ4v) is 5.81. The predicted molar refractivity (Wildman–Crippen MR) is 154 cm³/mol. The molecule has 0 bridgehead atoms. The quantitative estimate of drug-likeness (QED) is 0.270. The third-order valence-corrected chi connectivity index (χ3v) is 7.54. The summed E-state index contributed by atoms with van der Waals surface area (Å²) in [4.78, 5) is 15.5. The number of halogens is 4. The van der Waals surface area contributed by atoms with Crippen molar-refractivity contribution in [2.75, 3.05) is 40.0 Å². The standard InChI is InChI=1S/C32H40F4N2O4/c1-21-17-25-24-10-7-6-9-22(24)18-26(25)29(38(21)20-32(34,35)36)27-19-23(11-12-28(27)40-5)41-16-15-37(14-8-13-33)30(39)42-31(2,3)4/h6-7,9-12,19,21,29H,8,13-18,20H2,1-5H3/t21-,29+/m1/s1. The van der Waals surface area contributed by atoms with Gasteiger partial charge in [0.25, 0.3) is 0 Å². The van der Waals surface area contributed by atoms with Gasteiger partial charge in [0.2, 0.25) is 0 Å². The van der Waals surface area contributed by atoms with E-state index >= 15 is 0 Å². The molecular formula is C32H40F4N2O4. The zero-order valence-corrected chi connectivity index (χ0v) is 24.9. The van der Waals surface area contributed by atoms with Crippen LogP contribution in [0.1, 0.15) is 63.3 Å². The minimum absolute atomic E-state index is 0.0873. The number of fused-ring (bicyclic) bond motifs is 2. The van der Waals surface area contributed by atoms with Gasteiger partial charge in [-0.1, -0.05) is 24.3 Å². The fraction of sp³-hybridized carbons (Fsp3) is 0.531. The lowest BCUT2D eigenvalue weighted by atomic mass is 9.84. The lowest BCUT2D eigenvalue weighted by molar-refractivity contribution is -0.155. The first-order valence-corrected chi connectivity index (χ1v) is 14.3. The van der Waals surface area contributed by atoms with Crippen LogP contribution in [0.4, 0.5) is 22.4 Å². The molecule has 2 aromatic carbocycles. The largest absolute Gasteiger partial charge is 0.496 e. The Balaban J connectivity index is 1.63. The number of alkyl halides is 4. The topological polar surface area (TPSA) is 51.2 Å². The molecule has 4 rings (SSSR count). The second-order valence-corrected chi connectivity index (χ2v) is 11.8. The number of nitrogens with zero attached hydrogens (tertiary/aromatic N) is 2. The summed E-state index contributed by atoms with van der Waals surface area (Å²) in [5.41, 5.74) is 4.12. The Labute approximate surface area is 245 Å². The van der Waals surface area contributed by atoms with Crippen molar-refractivity contribution >= 4 is 11.7 Å². The van der Waals surface area contributed by atoms with Crippen LogP contribution in [-0.4, -0.2) is 73.7 Å². The van der Waals surface area contributed by atoms with Crippen LogP contribution in [0.25, 0.3) is 5.57 Å². The Morgan fingerprint density at radius 3 is 2.50 bits per heavy atom. The van der Waals surface area contributed by atoms with E-state index in [4.69, 9.17) is 14.2 Å². The molecule has 1 aliphatic carbocycles. The molecule has 0 aromatic heterocycles. The summed E-state index contributed by atoms with van der Waals surface area (Å²) in [5, 5.41) is 0. The molecule has 2 aliphatic rings. The van der Waals surface area contributed by atoms with Gasteiger partial charge in [0.1, 0.15) is 23.7 Å². The molecule has 2 aromatic rings. The van der Waals surface area contributed by atoms with Crippen molar-refractivity contribution in [3.05, 3.63) is 64.7 Å². The van der Waals surface area contributed by atoms with Crippen molar-refractivity contribution in [3.63, 3.8) is 0 Å². The van der Waals surface area contributed by atoms with Crippen molar-refractivity contribution in [1.29, 1.82) is 0 Å². The van der Waals surface area contributed by atoms with Gasteiger partial charge in [-0.2, -0.15) is 13.2 Å². The first-order valence-electron chi connectivity index (χ1n) is 14.3. The maximum Gasteiger partial charge on any atom is 0.410 e. The van der Waals surface area contributed by atoms with Crippen LogP contribution in [0, 0.1) is 0 Å². The van der Waals surface area contributed by atoms with Gasteiger partial charge >= 0.3 is 12.3 Å². The molecule has 42 heavy (non-hydrogen) atoms. The van der Waals surface area contributed by atoms with Gasteiger partial charge < -0.3 is 19.1 Å². The molecule has 2 atom stereocenters. The van der Waals surface area contributed by atoms with Crippen LogP contribution in [-0.2, 0) is 11.2 Å². The minimum atomic E-state index is -4.39. The maximum absolute atomic E-state index is 13.9. The highest BCUT2D eigenvalue weighted by Gasteiger charge is 2.44. The molecule has 0 radical (unpaired) electrons. The summed E-state index contributed by atoms with van der Waals surface area (Å²) >= 11 is 0. The number of rotatable bonds is 10. The van der Waals surface area contributed by atoms with Crippen LogP contribution in [0.15, 0.2) is 48.0 Å². The van der Waals surface area contributed by atoms with Gasteiger partial charge in [-0.05, 0) is 87.4 Å². The van der Waals surface area contributed by atoms with E-state index in [2.05, 4.69) is 0 Å². The van der Waals surface area contributed by atoms with Crippen molar-refractivity contribution in [2.24, 2.45) is 0 Å². The molecule has 1 amide bonds. The van der Waals surface area contributed by atoms with E-state index in [0.717, 1.165) is 22.3 Å². The van der Waals surface area contributed by atoms with Crippen LogP contribution >= 0.6 is 0 Å². The van der Waals surface area contributed by atoms with E-state index in [0.29, 0.717) is 29.9 Å². The van der Waals surface area contributed by atoms with Crippen molar-refractivity contribution in [2.45, 2.75) is 70.8 Å². The fourth-order valence-electron chi connectivity index (χ4n) is 5.81. The van der Waals surface area contributed by atoms with E-state index in [-0.39, 0.29) is 32.2 Å². The first kappa shape index (κ1) is 31.7. The normalized spacial score (nSPS) is 18.9. The monoisotopic (exact) mass is 592 g/mol. The van der Waals surface area contributed by atoms with Gasteiger partial charge in [0.15, 0.2) is 0 Å². The van der Waals surface area contributed by atoms with Crippen molar-refractivity contribution in [3.8, 4) is 11.5 Å². The SMILES string of the molecule is COc1ccc(OCCN(CCCF)C(=O)OC(C)(C)C)cc1[C@@H]1C2=C(C[C@@H](C)N1CC(F)(F)F)c1ccccc1C2. The van der Waals surface area contributed by atoms with Crippen LogP contribution in [0.2, 0.25) is 0 Å². The Hall–Kier alpha value is -3.27. The molecule has 1 heterocycles. The molecule has 230 valence electrons. The summed E-state index contributed by atoms with van der Waals surface area (Å²) < 4.78 is 71.7. The number of carbonyl (C=O) groups is 1. The second kappa shape index (κ2) is 12.9. The Kier molecular flexibility index (Phi) is 9.75. The second-order valence-electron chi connectivity index (χ2n) is 11.8. The maximum atomic E-state index is 13.9. The highest BCUT2D eigenvalue weighted by Crippen LogP contribution is 2.51. The number of carbonyl (C=O) groups excluding carboxylic acids is 1. The van der Waals surface area contributed by atoms with Gasteiger partial charge in [-0.15, -0.1) is 0 Å². The summed E-state index contributed by atoms with van der Waals surface area (Å²) in [6, 6.07) is 12.1. The molecular weight excluding hydrogens is 552 g/mol. The van der Waals surface area contributed by atoms with Crippen molar-refractivity contribution < 1.29 is 36.6 Å². The molecule has 10 heteroatoms. The van der Waals surface area contributed by atoms with E-state index in [1.165, 1.54) is 16.9 Å². The highest BCUT2D eigenvalue weighted by atomic mass is 19.4. The van der Waals surface area contributed by atoms with E-state index in [1.54, 1.807) is 39.0 Å². The number of benzene rings is 2. The van der Waals surface area contributed by atoms with Crippen LogP contribution in [0.3, 0.4) is 0 Å². The Morgan fingerprint density at radius 2 is 1.83 bits per heavy atom. The van der Waals surface area contributed by atoms with Gasteiger partial charge in [0.05, 0.1) is 32.9 Å². The summed E-state index contributed by atoms with van der Waals surface area (Å²) in [7, 11) is 1.50. The molecule has 0 unspecified atom stereocenters. The first-order chi connectivity index (χ1) is 19.8. The number of methoxy groups -OCH3 is 1. The van der Waals surface area contributed by atoms with E-state index in [1.807, 2.05) is 31.2 Å². The average molecular weight is 593 g/mol. The molecule has 0 saturated carbocycles. The zero-order chi connectivity index (χ0) is 30.7. The number of hydrogen-bond donors (Lipinski definition) is 0. The van der Waals surface area contributed by atoms with Crippen LogP contribution in [0.5, 0.6) is 11.5 Å². The predicted octanol–water partition coefficient (Wildman–Crippen LogP) is 7.38. The Bertz CT molecular complexity index is 1290. The summed E-state index contributed by atoms with van der Waals surface area (Å²) in [5.74, 6) is 0.901. The van der Waals surface area contributed by atoms with Gasteiger partial charge in [0, 0.05) is 18.2 Å². The van der Waals surface area contributed by atoms with Crippen LogP contribution < -0.4 is 9.47 Å². The Morgan fingerprint density at radius 1 is 1.10 bits per heavy atom. The lowest BCUT2D eigenvalue weighted by Crippen LogP contribution is -2.46. The highest BCUT2D eigenvalue weighted by molar-refractivity contribution is 5.79. The summed E-state index contributed by atoms with van der Waals surface area (Å²) in [6.07, 6.45) is -3.70. The number of hydrogen-bond acceptors (Lipinski definition) is 5. The third kappa shape index (κ3) is 7.56. The molecule has 1 aliphatic heterocycles. The lowest BCUT2D eigenvalue weighted by Gasteiger charge is -2.43. The molecule has 6 nitrogen and oxygen atoms in total. The number of ether oxygens (including phenoxy) is 3. The molecule has 0 saturated heterocycles. The minimum Gasteiger partial charge on any atom is -0.496 e. The van der Waals surface area contributed by atoms with E-state index in [9.17, 15) is 22.4 Å². The van der Waals surface area contributed by atoms with E-state index < -0.39 is 37.1 Å². The summed E-state index contributed by atoms with van der Waals surface area (Å²) in [6.45, 7) is 5.89. The molecule has 0 N–H and O–H groups in total. The third-order valence-electron chi connectivity index (χ3n) is 7.54.